The van der Waals surface area contributed by atoms with Crippen LogP contribution in [0.25, 0.3) is 5.69 Å². The maximum absolute atomic E-state index is 10.6. The number of aryl methyl sites for hydroxylation is 1. The second kappa shape index (κ2) is 4.61. The Bertz CT molecular complexity index is 460. The molecule has 1 aromatic heterocycles. The largest absolute Gasteiger partial charge is 0.370 e. The maximum atomic E-state index is 10.6. The number of imidazole rings is 1. The highest BCUT2D eigenvalue weighted by Gasteiger charge is 1.98. The van der Waals surface area contributed by atoms with Crippen LogP contribution in [0.15, 0.2) is 43.0 Å². The number of nitrogens with two attached hydrogens (primary N) is 1. The van der Waals surface area contributed by atoms with Crippen molar-refractivity contribution in [2.75, 3.05) is 0 Å². The van der Waals surface area contributed by atoms with Crippen LogP contribution in [0.5, 0.6) is 0 Å². The van der Waals surface area contributed by atoms with E-state index in [4.69, 9.17) is 5.73 Å². The summed E-state index contributed by atoms with van der Waals surface area (Å²) < 4.78 is 1.93. The summed E-state index contributed by atoms with van der Waals surface area (Å²) in [4.78, 5) is 14.6. The lowest BCUT2D eigenvalue weighted by atomic mass is 10.1. The normalized spacial score (nSPS) is 10.2. The molecule has 0 bridgehead atoms. The van der Waals surface area contributed by atoms with Gasteiger partial charge in [-0.3, -0.25) is 4.79 Å². The van der Waals surface area contributed by atoms with Crippen molar-refractivity contribution < 1.29 is 4.79 Å². The van der Waals surface area contributed by atoms with Crippen LogP contribution >= 0.6 is 0 Å². The molecule has 2 N–H and O–H groups in total. The van der Waals surface area contributed by atoms with Gasteiger partial charge in [-0.15, -0.1) is 0 Å². The van der Waals surface area contributed by atoms with E-state index >= 15 is 0 Å². The number of hydrogen-bond acceptors (Lipinski definition) is 2. The Kier molecular flexibility index (Phi) is 3.00. The van der Waals surface area contributed by atoms with Gasteiger partial charge in [0.1, 0.15) is 0 Å². The van der Waals surface area contributed by atoms with Crippen molar-refractivity contribution in [1.82, 2.24) is 9.55 Å². The average Bonchev–Trinajstić information content (AvgIpc) is 2.80. The predicted molar refractivity (Wildman–Crippen MR) is 61.1 cm³/mol. The predicted octanol–water partition coefficient (Wildman–Crippen LogP) is 1.29. The molecule has 0 saturated heterocycles. The smallest absolute Gasteiger partial charge is 0.217 e. The standard InChI is InChI=1S/C12H13N3O/c13-12(16)6-3-10-1-4-11(5-2-10)15-8-7-14-9-15/h1-2,4-5,7-9H,3,6H2,(H2,13,16). The van der Waals surface area contributed by atoms with Gasteiger partial charge < -0.3 is 10.3 Å². The number of carbonyl (C=O) groups is 1. The number of primary amides is 1. The summed E-state index contributed by atoms with van der Waals surface area (Å²) in [7, 11) is 0. The zero-order chi connectivity index (χ0) is 11.4. The molecule has 4 nitrogen and oxygen atoms in total. The summed E-state index contributed by atoms with van der Waals surface area (Å²) in [6.45, 7) is 0. The quantitative estimate of drug-likeness (QED) is 0.835. The molecule has 1 amide bonds. The number of hydrogen-bond donors (Lipinski definition) is 1. The molecule has 0 aliphatic carbocycles. The molecule has 1 heterocycles. The van der Waals surface area contributed by atoms with E-state index in [1.54, 1.807) is 12.5 Å². The summed E-state index contributed by atoms with van der Waals surface area (Å²) in [5, 5.41) is 0. The van der Waals surface area contributed by atoms with E-state index in [9.17, 15) is 4.79 Å². The van der Waals surface area contributed by atoms with Crippen molar-refractivity contribution in [2.45, 2.75) is 12.8 Å². The Morgan fingerprint density at radius 3 is 2.62 bits per heavy atom. The third kappa shape index (κ3) is 2.48. The summed E-state index contributed by atoms with van der Waals surface area (Å²) in [6, 6.07) is 7.99. The van der Waals surface area contributed by atoms with Gasteiger partial charge in [0.25, 0.3) is 0 Å². The minimum absolute atomic E-state index is 0.265. The van der Waals surface area contributed by atoms with Gasteiger partial charge in [0.15, 0.2) is 0 Å². The van der Waals surface area contributed by atoms with E-state index in [0.29, 0.717) is 12.8 Å². The highest BCUT2D eigenvalue weighted by molar-refractivity contribution is 5.74. The van der Waals surface area contributed by atoms with Crippen LogP contribution in [0, 0.1) is 0 Å². The average molecular weight is 215 g/mol. The van der Waals surface area contributed by atoms with Crippen molar-refractivity contribution in [1.29, 1.82) is 0 Å². The first-order chi connectivity index (χ1) is 7.75. The lowest BCUT2D eigenvalue weighted by Gasteiger charge is -2.03. The molecule has 16 heavy (non-hydrogen) atoms. The molecule has 82 valence electrons. The first-order valence-electron chi connectivity index (χ1n) is 5.11. The van der Waals surface area contributed by atoms with E-state index in [0.717, 1.165) is 11.3 Å². The third-order valence-electron chi connectivity index (χ3n) is 2.40. The Balaban J connectivity index is 2.08. The second-order valence-electron chi connectivity index (χ2n) is 3.60. The SMILES string of the molecule is NC(=O)CCc1ccc(-n2ccnc2)cc1. The van der Waals surface area contributed by atoms with Crippen LogP contribution in [0.2, 0.25) is 0 Å². The summed E-state index contributed by atoms with van der Waals surface area (Å²) >= 11 is 0. The van der Waals surface area contributed by atoms with Crippen LogP contribution in [0.3, 0.4) is 0 Å². The molecule has 0 aliphatic heterocycles. The number of carbonyl (C=O) groups excluding carboxylic acids is 1. The molecular formula is C12H13N3O. The highest BCUT2D eigenvalue weighted by Crippen LogP contribution is 2.10. The van der Waals surface area contributed by atoms with E-state index in [1.165, 1.54) is 0 Å². The maximum Gasteiger partial charge on any atom is 0.217 e. The molecule has 0 radical (unpaired) electrons. The molecule has 0 atom stereocenters. The first kappa shape index (κ1) is 10.4. The Morgan fingerprint density at radius 1 is 1.31 bits per heavy atom. The lowest BCUT2D eigenvalue weighted by molar-refractivity contribution is -0.117. The van der Waals surface area contributed by atoms with Crippen molar-refractivity contribution in [3.05, 3.63) is 48.5 Å². The summed E-state index contributed by atoms with van der Waals surface area (Å²) in [5.74, 6) is -0.265. The molecule has 4 heteroatoms. The van der Waals surface area contributed by atoms with Crippen molar-refractivity contribution >= 4 is 5.91 Å². The van der Waals surface area contributed by atoms with Crippen LogP contribution in [-0.2, 0) is 11.2 Å². The number of rotatable bonds is 4. The van der Waals surface area contributed by atoms with Gasteiger partial charge in [0, 0.05) is 24.5 Å². The summed E-state index contributed by atoms with van der Waals surface area (Å²) in [6.07, 6.45) is 6.46. The Labute approximate surface area is 93.7 Å². The molecule has 0 aliphatic rings. The fourth-order valence-electron chi connectivity index (χ4n) is 1.51. The van der Waals surface area contributed by atoms with Gasteiger partial charge in [-0.25, -0.2) is 4.98 Å². The van der Waals surface area contributed by atoms with Gasteiger partial charge in [0.2, 0.25) is 5.91 Å². The van der Waals surface area contributed by atoms with E-state index in [2.05, 4.69) is 4.98 Å². The molecule has 2 aromatic rings. The van der Waals surface area contributed by atoms with E-state index in [-0.39, 0.29) is 5.91 Å². The van der Waals surface area contributed by atoms with Crippen molar-refractivity contribution in [2.24, 2.45) is 5.73 Å². The van der Waals surface area contributed by atoms with E-state index < -0.39 is 0 Å². The minimum Gasteiger partial charge on any atom is -0.370 e. The molecular weight excluding hydrogens is 202 g/mol. The molecule has 0 unspecified atom stereocenters. The molecule has 1 aromatic carbocycles. The monoisotopic (exact) mass is 215 g/mol. The Morgan fingerprint density at radius 2 is 2.06 bits per heavy atom. The number of amides is 1. The topological polar surface area (TPSA) is 60.9 Å². The molecule has 2 rings (SSSR count). The highest BCUT2D eigenvalue weighted by atomic mass is 16.1. The third-order valence-corrected chi connectivity index (χ3v) is 2.40. The fraction of sp³-hybridized carbons (Fsp3) is 0.167. The zero-order valence-corrected chi connectivity index (χ0v) is 8.84. The van der Waals surface area contributed by atoms with Crippen LogP contribution in [0.1, 0.15) is 12.0 Å². The second-order valence-corrected chi connectivity index (χ2v) is 3.60. The molecule has 0 fully saturated rings. The van der Waals surface area contributed by atoms with Crippen LogP contribution in [0.4, 0.5) is 0 Å². The van der Waals surface area contributed by atoms with Crippen LogP contribution < -0.4 is 5.73 Å². The zero-order valence-electron chi connectivity index (χ0n) is 8.84. The summed E-state index contributed by atoms with van der Waals surface area (Å²) in [5.41, 5.74) is 7.27. The van der Waals surface area contributed by atoms with Crippen molar-refractivity contribution in [3.8, 4) is 5.69 Å². The lowest BCUT2D eigenvalue weighted by Crippen LogP contribution is -2.11. The first-order valence-corrected chi connectivity index (χ1v) is 5.11. The number of benzene rings is 1. The number of aromatic nitrogens is 2. The van der Waals surface area contributed by atoms with Gasteiger partial charge >= 0.3 is 0 Å². The van der Waals surface area contributed by atoms with Gasteiger partial charge in [-0.05, 0) is 24.1 Å². The van der Waals surface area contributed by atoms with Crippen molar-refractivity contribution in [3.63, 3.8) is 0 Å². The minimum atomic E-state index is -0.265. The van der Waals surface area contributed by atoms with Crippen LogP contribution in [-0.4, -0.2) is 15.5 Å². The molecule has 0 spiro atoms. The van der Waals surface area contributed by atoms with Gasteiger partial charge in [-0.1, -0.05) is 12.1 Å². The van der Waals surface area contributed by atoms with Gasteiger partial charge in [-0.2, -0.15) is 0 Å². The fourth-order valence-corrected chi connectivity index (χ4v) is 1.51. The Hall–Kier alpha value is -2.10. The molecule has 0 saturated carbocycles. The van der Waals surface area contributed by atoms with E-state index in [1.807, 2.05) is 35.0 Å². The van der Waals surface area contributed by atoms with Gasteiger partial charge in [0.05, 0.1) is 6.33 Å². The number of nitrogens with zero attached hydrogens (tertiary/aromatic N) is 2.